The van der Waals surface area contributed by atoms with Crippen LogP contribution >= 0.6 is 11.3 Å². The second kappa shape index (κ2) is 6.45. The van der Waals surface area contributed by atoms with Crippen LogP contribution in [-0.2, 0) is 13.0 Å². The molecule has 5 heteroatoms. The van der Waals surface area contributed by atoms with Gasteiger partial charge in [-0.2, -0.15) is 5.10 Å². The summed E-state index contributed by atoms with van der Waals surface area (Å²) in [7, 11) is 0. The van der Waals surface area contributed by atoms with Crippen molar-refractivity contribution >= 4 is 11.3 Å². The Morgan fingerprint density at radius 3 is 2.80 bits per heavy atom. The number of para-hydroxylation sites is 1. The van der Waals surface area contributed by atoms with E-state index in [1.165, 1.54) is 0 Å². The first-order chi connectivity index (χ1) is 9.92. The first-order valence-electron chi connectivity index (χ1n) is 6.59. The monoisotopic (exact) mass is 284 g/mol. The molecule has 4 nitrogen and oxygen atoms in total. The largest absolute Gasteiger partial charge is 0.311 e. The molecule has 3 rings (SSSR count). The normalized spacial score (nSPS) is 10.8. The fourth-order valence-electron chi connectivity index (χ4n) is 1.97. The Labute approximate surface area is 122 Å². The van der Waals surface area contributed by atoms with Crippen LogP contribution in [0, 0.1) is 0 Å². The van der Waals surface area contributed by atoms with Gasteiger partial charge >= 0.3 is 0 Å². The summed E-state index contributed by atoms with van der Waals surface area (Å²) < 4.78 is 1.90. The number of hydrogen-bond acceptors (Lipinski definition) is 4. The van der Waals surface area contributed by atoms with E-state index in [2.05, 4.69) is 20.8 Å². The molecule has 0 radical (unpaired) electrons. The first-order valence-corrected chi connectivity index (χ1v) is 7.54. The van der Waals surface area contributed by atoms with Gasteiger partial charge in [-0.25, -0.2) is 9.67 Å². The number of benzene rings is 1. The lowest BCUT2D eigenvalue weighted by Crippen LogP contribution is -2.17. The number of rotatable bonds is 6. The van der Waals surface area contributed by atoms with Crippen molar-refractivity contribution in [2.75, 3.05) is 6.54 Å². The maximum Gasteiger partial charge on any atom is 0.0794 e. The highest BCUT2D eigenvalue weighted by molar-refractivity contribution is 7.07. The highest BCUT2D eigenvalue weighted by atomic mass is 32.1. The van der Waals surface area contributed by atoms with E-state index in [0.717, 1.165) is 36.6 Å². The maximum absolute atomic E-state index is 4.56. The first kappa shape index (κ1) is 13.0. The van der Waals surface area contributed by atoms with Crippen LogP contribution < -0.4 is 5.32 Å². The molecule has 3 aromatic rings. The molecule has 0 aliphatic carbocycles. The van der Waals surface area contributed by atoms with Gasteiger partial charge in [0.25, 0.3) is 0 Å². The smallest absolute Gasteiger partial charge is 0.0794 e. The van der Waals surface area contributed by atoms with Crippen LogP contribution in [0.15, 0.2) is 53.5 Å². The summed E-state index contributed by atoms with van der Waals surface area (Å²) >= 11 is 1.64. The van der Waals surface area contributed by atoms with Gasteiger partial charge in [-0.3, -0.25) is 0 Å². The summed E-state index contributed by atoms with van der Waals surface area (Å²) in [4.78, 5) is 4.26. The summed E-state index contributed by atoms with van der Waals surface area (Å²) in [6, 6.07) is 12.2. The second-order valence-corrected chi connectivity index (χ2v) is 5.21. The lowest BCUT2D eigenvalue weighted by molar-refractivity contribution is 0.661. The van der Waals surface area contributed by atoms with Gasteiger partial charge in [-0.1, -0.05) is 18.2 Å². The minimum atomic E-state index is 0.782. The number of hydrogen-bond donors (Lipinski definition) is 1. The molecule has 102 valence electrons. The fraction of sp³-hybridized carbons (Fsp3) is 0.200. The number of nitrogens with one attached hydrogen (secondary N) is 1. The summed E-state index contributed by atoms with van der Waals surface area (Å²) in [5.74, 6) is 0. The summed E-state index contributed by atoms with van der Waals surface area (Å²) in [5.41, 5.74) is 5.15. The van der Waals surface area contributed by atoms with Gasteiger partial charge in [0.1, 0.15) is 0 Å². The van der Waals surface area contributed by atoms with Crippen molar-refractivity contribution in [2.45, 2.75) is 13.0 Å². The van der Waals surface area contributed by atoms with Crippen LogP contribution in [0.1, 0.15) is 11.4 Å². The highest BCUT2D eigenvalue weighted by Gasteiger charge is 2.01. The van der Waals surface area contributed by atoms with E-state index < -0.39 is 0 Å². The molecule has 0 atom stereocenters. The van der Waals surface area contributed by atoms with Gasteiger partial charge in [-0.05, 0) is 18.2 Å². The molecule has 2 heterocycles. The van der Waals surface area contributed by atoms with E-state index >= 15 is 0 Å². The molecule has 1 N–H and O–H groups in total. The average molecular weight is 284 g/mol. The average Bonchev–Trinajstić information content (AvgIpc) is 3.16. The van der Waals surface area contributed by atoms with Gasteiger partial charge < -0.3 is 5.32 Å². The Morgan fingerprint density at radius 2 is 2.00 bits per heavy atom. The molecule has 0 aliphatic rings. The zero-order chi connectivity index (χ0) is 13.6. The Balaban J connectivity index is 1.50. The van der Waals surface area contributed by atoms with Crippen molar-refractivity contribution in [3.05, 3.63) is 64.9 Å². The van der Waals surface area contributed by atoms with Gasteiger partial charge in [0.15, 0.2) is 0 Å². The maximum atomic E-state index is 4.56. The van der Waals surface area contributed by atoms with Crippen LogP contribution in [0.4, 0.5) is 0 Å². The minimum absolute atomic E-state index is 0.782. The third-order valence-electron chi connectivity index (χ3n) is 3.01. The van der Waals surface area contributed by atoms with E-state index in [-0.39, 0.29) is 0 Å². The Hall–Kier alpha value is -1.98. The Bertz CT molecular complexity index is 631. The molecule has 0 aliphatic heterocycles. The molecule has 0 unspecified atom stereocenters. The van der Waals surface area contributed by atoms with Crippen LogP contribution in [0.25, 0.3) is 5.69 Å². The van der Waals surface area contributed by atoms with E-state index in [1.54, 1.807) is 11.3 Å². The SMILES string of the molecule is c1ccc(-n2ccc(CNCCc3cscn3)n2)cc1. The molecule has 0 fully saturated rings. The molecule has 0 bridgehead atoms. The van der Waals surface area contributed by atoms with Crippen LogP contribution in [0.2, 0.25) is 0 Å². The zero-order valence-corrected chi connectivity index (χ0v) is 11.9. The standard InChI is InChI=1S/C15H16N4S/c1-2-4-15(5-3-1)19-9-7-13(18-19)10-16-8-6-14-11-20-12-17-14/h1-5,7,9,11-12,16H,6,8,10H2. The number of aromatic nitrogens is 3. The molecule has 20 heavy (non-hydrogen) atoms. The number of thiazole rings is 1. The lowest BCUT2D eigenvalue weighted by atomic mass is 10.3. The highest BCUT2D eigenvalue weighted by Crippen LogP contribution is 2.06. The van der Waals surface area contributed by atoms with Crippen molar-refractivity contribution < 1.29 is 0 Å². The van der Waals surface area contributed by atoms with Crippen LogP contribution in [-0.4, -0.2) is 21.3 Å². The number of nitrogens with zero attached hydrogens (tertiary/aromatic N) is 3. The molecule has 0 spiro atoms. The van der Waals surface area contributed by atoms with Crippen molar-refractivity contribution in [2.24, 2.45) is 0 Å². The third-order valence-corrected chi connectivity index (χ3v) is 3.65. The lowest BCUT2D eigenvalue weighted by Gasteiger charge is -2.02. The predicted molar refractivity (Wildman–Crippen MR) is 81.1 cm³/mol. The van der Waals surface area contributed by atoms with Gasteiger partial charge in [-0.15, -0.1) is 11.3 Å². The fourth-order valence-corrected chi connectivity index (χ4v) is 2.57. The van der Waals surface area contributed by atoms with Crippen LogP contribution in [0.5, 0.6) is 0 Å². The molecule has 0 saturated carbocycles. The van der Waals surface area contributed by atoms with Crippen molar-refractivity contribution in [3.8, 4) is 5.69 Å². The van der Waals surface area contributed by atoms with Gasteiger partial charge in [0.05, 0.1) is 22.6 Å². The van der Waals surface area contributed by atoms with E-state index in [0.29, 0.717) is 0 Å². The molecule has 0 amide bonds. The van der Waals surface area contributed by atoms with Gasteiger partial charge in [0, 0.05) is 31.1 Å². The minimum Gasteiger partial charge on any atom is -0.311 e. The molecular formula is C15H16N4S. The quantitative estimate of drug-likeness (QED) is 0.708. The van der Waals surface area contributed by atoms with Gasteiger partial charge in [0.2, 0.25) is 0 Å². The molecule has 2 aromatic heterocycles. The van der Waals surface area contributed by atoms with Crippen molar-refractivity contribution in [1.82, 2.24) is 20.1 Å². The molecule has 0 saturated heterocycles. The third kappa shape index (κ3) is 3.31. The topological polar surface area (TPSA) is 42.7 Å². The predicted octanol–water partition coefficient (Wildman–Crippen LogP) is 2.66. The molecule has 1 aromatic carbocycles. The van der Waals surface area contributed by atoms with Crippen LogP contribution in [0.3, 0.4) is 0 Å². The van der Waals surface area contributed by atoms with E-state index in [4.69, 9.17) is 0 Å². The Kier molecular flexibility index (Phi) is 4.20. The zero-order valence-electron chi connectivity index (χ0n) is 11.1. The summed E-state index contributed by atoms with van der Waals surface area (Å²) in [6.07, 6.45) is 2.95. The van der Waals surface area contributed by atoms with E-state index in [9.17, 15) is 0 Å². The van der Waals surface area contributed by atoms with Crippen molar-refractivity contribution in [1.29, 1.82) is 0 Å². The van der Waals surface area contributed by atoms with Crippen molar-refractivity contribution in [3.63, 3.8) is 0 Å². The summed E-state index contributed by atoms with van der Waals surface area (Å²) in [6.45, 7) is 1.70. The summed E-state index contributed by atoms with van der Waals surface area (Å²) in [5, 5.41) is 10.0. The molecular weight excluding hydrogens is 268 g/mol. The second-order valence-electron chi connectivity index (χ2n) is 4.49. The van der Waals surface area contributed by atoms with E-state index in [1.807, 2.05) is 52.8 Å². The Morgan fingerprint density at radius 1 is 1.10 bits per heavy atom.